The first-order chi connectivity index (χ1) is 12.1. The predicted octanol–water partition coefficient (Wildman–Crippen LogP) is 1.77. The van der Waals surface area contributed by atoms with Crippen LogP contribution >= 0.6 is 0 Å². The summed E-state index contributed by atoms with van der Waals surface area (Å²) >= 11 is 0. The minimum absolute atomic E-state index is 0.0527. The summed E-state index contributed by atoms with van der Waals surface area (Å²) in [5.74, 6) is -0.110. The fraction of sp³-hybridized carbons (Fsp3) is 0.500. The van der Waals surface area contributed by atoms with Crippen molar-refractivity contribution in [1.82, 2.24) is 15.1 Å². The van der Waals surface area contributed by atoms with Crippen LogP contribution in [0.25, 0.3) is 0 Å². The SMILES string of the molecule is O=C1CN(CCCCC(=O)N2CCCC2Nc2ccccc2)C(=O)N1. The lowest BCUT2D eigenvalue weighted by atomic mass is 10.2. The molecule has 1 aromatic carbocycles. The van der Waals surface area contributed by atoms with Gasteiger partial charge in [0.25, 0.3) is 0 Å². The van der Waals surface area contributed by atoms with Crippen molar-refractivity contribution in [3.63, 3.8) is 0 Å². The van der Waals surface area contributed by atoms with Crippen LogP contribution in [0.15, 0.2) is 30.3 Å². The molecule has 4 amide bonds. The van der Waals surface area contributed by atoms with E-state index in [0.29, 0.717) is 19.4 Å². The monoisotopic (exact) mass is 344 g/mol. The number of amides is 4. The number of para-hydroxylation sites is 1. The second-order valence-corrected chi connectivity index (χ2v) is 6.49. The number of nitrogens with one attached hydrogen (secondary N) is 2. The van der Waals surface area contributed by atoms with Crippen molar-refractivity contribution in [1.29, 1.82) is 0 Å². The number of rotatable bonds is 7. The van der Waals surface area contributed by atoms with Gasteiger partial charge in [0, 0.05) is 25.2 Å². The number of carbonyl (C=O) groups is 3. The van der Waals surface area contributed by atoms with E-state index in [0.717, 1.165) is 31.5 Å². The van der Waals surface area contributed by atoms with Gasteiger partial charge in [0.05, 0.1) is 0 Å². The molecule has 0 radical (unpaired) electrons. The average Bonchev–Trinajstić information content (AvgIpc) is 3.18. The van der Waals surface area contributed by atoms with Gasteiger partial charge in [0.2, 0.25) is 11.8 Å². The molecule has 2 fully saturated rings. The summed E-state index contributed by atoms with van der Waals surface area (Å²) in [6.45, 7) is 1.42. The second kappa shape index (κ2) is 8.00. The van der Waals surface area contributed by atoms with E-state index in [2.05, 4.69) is 10.6 Å². The number of urea groups is 1. The molecule has 1 unspecified atom stereocenters. The molecule has 134 valence electrons. The topological polar surface area (TPSA) is 81.8 Å². The van der Waals surface area contributed by atoms with Crippen molar-refractivity contribution in [2.75, 3.05) is 25.0 Å². The van der Waals surface area contributed by atoms with Crippen molar-refractivity contribution in [3.8, 4) is 0 Å². The van der Waals surface area contributed by atoms with Crippen LogP contribution in [-0.2, 0) is 9.59 Å². The molecule has 3 rings (SSSR count). The van der Waals surface area contributed by atoms with Crippen LogP contribution < -0.4 is 10.6 Å². The van der Waals surface area contributed by atoms with E-state index in [4.69, 9.17) is 0 Å². The number of unbranched alkanes of at least 4 members (excludes halogenated alkanes) is 1. The third-order valence-corrected chi connectivity index (χ3v) is 4.62. The van der Waals surface area contributed by atoms with E-state index in [1.165, 1.54) is 4.90 Å². The maximum atomic E-state index is 12.5. The molecule has 0 bridgehead atoms. The summed E-state index contributed by atoms with van der Waals surface area (Å²) in [5.41, 5.74) is 1.02. The van der Waals surface area contributed by atoms with Gasteiger partial charge in [-0.3, -0.25) is 14.9 Å². The molecule has 0 aliphatic carbocycles. The zero-order valence-electron chi connectivity index (χ0n) is 14.2. The minimum Gasteiger partial charge on any atom is -0.365 e. The number of carbonyl (C=O) groups excluding carboxylic acids is 3. The Hall–Kier alpha value is -2.57. The van der Waals surface area contributed by atoms with E-state index < -0.39 is 0 Å². The normalized spacial score (nSPS) is 20.1. The Balaban J connectivity index is 1.41. The average molecular weight is 344 g/mol. The lowest BCUT2D eigenvalue weighted by molar-refractivity contribution is -0.131. The smallest absolute Gasteiger partial charge is 0.324 e. The molecule has 2 heterocycles. The van der Waals surface area contributed by atoms with Crippen LogP contribution in [0.2, 0.25) is 0 Å². The highest BCUT2D eigenvalue weighted by molar-refractivity contribution is 6.01. The number of imide groups is 1. The first-order valence-corrected chi connectivity index (χ1v) is 8.83. The quantitative estimate of drug-likeness (QED) is 0.583. The molecular weight excluding hydrogens is 320 g/mol. The molecule has 7 heteroatoms. The van der Waals surface area contributed by atoms with Crippen LogP contribution in [0, 0.1) is 0 Å². The fourth-order valence-corrected chi connectivity index (χ4v) is 3.33. The summed E-state index contributed by atoms with van der Waals surface area (Å²) < 4.78 is 0. The van der Waals surface area contributed by atoms with Crippen molar-refractivity contribution < 1.29 is 14.4 Å². The Bertz CT molecular complexity index is 634. The Labute approximate surface area is 147 Å². The van der Waals surface area contributed by atoms with Crippen LogP contribution in [0.5, 0.6) is 0 Å². The number of hydrogen-bond acceptors (Lipinski definition) is 4. The number of anilines is 1. The Kier molecular flexibility index (Phi) is 5.53. The van der Waals surface area contributed by atoms with Crippen molar-refractivity contribution in [3.05, 3.63) is 30.3 Å². The molecule has 2 saturated heterocycles. The van der Waals surface area contributed by atoms with Crippen LogP contribution in [-0.4, -0.2) is 53.4 Å². The predicted molar refractivity (Wildman–Crippen MR) is 93.8 cm³/mol. The first kappa shape index (κ1) is 17.3. The van der Waals surface area contributed by atoms with E-state index in [9.17, 15) is 14.4 Å². The lowest BCUT2D eigenvalue weighted by Gasteiger charge is -2.26. The fourth-order valence-electron chi connectivity index (χ4n) is 3.33. The lowest BCUT2D eigenvalue weighted by Crippen LogP contribution is -2.40. The van der Waals surface area contributed by atoms with Gasteiger partial charge in [-0.15, -0.1) is 0 Å². The largest absolute Gasteiger partial charge is 0.365 e. The molecule has 2 aliphatic heterocycles. The third kappa shape index (κ3) is 4.49. The van der Waals surface area contributed by atoms with E-state index in [1.807, 2.05) is 35.2 Å². The summed E-state index contributed by atoms with van der Waals surface area (Å²) in [5, 5.41) is 5.68. The van der Waals surface area contributed by atoms with Gasteiger partial charge in [-0.05, 0) is 37.8 Å². The maximum Gasteiger partial charge on any atom is 0.324 e. The van der Waals surface area contributed by atoms with Crippen molar-refractivity contribution >= 4 is 23.5 Å². The maximum absolute atomic E-state index is 12.5. The number of likely N-dealkylation sites (tertiary alicyclic amines) is 1. The van der Waals surface area contributed by atoms with Crippen molar-refractivity contribution in [2.24, 2.45) is 0 Å². The highest BCUT2D eigenvalue weighted by atomic mass is 16.2. The molecule has 2 N–H and O–H groups in total. The second-order valence-electron chi connectivity index (χ2n) is 6.49. The van der Waals surface area contributed by atoms with Crippen LogP contribution in [0.1, 0.15) is 32.1 Å². The van der Waals surface area contributed by atoms with Gasteiger partial charge in [0.1, 0.15) is 12.7 Å². The molecule has 0 aromatic heterocycles. The highest BCUT2D eigenvalue weighted by Crippen LogP contribution is 2.21. The molecular formula is C18H24N4O3. The Morgan fingerprint density at radius 3 is 2.72 bits per heavy atom. The van der Waals surface area contributed by atoms with E-state index in [-0.39, 0.29) is 30.6 Å². The molecule has 2 aliphatic rings. The molecule has 7 nitrogen and oxygen atoms in total. The molecule has 25 heavy (non-hydrogen) atoms. The summed E-state index contributed by atoms with van der Waals surface area (Å²) in [6, 6.07) is 9.60. The van der Waals surface area contributed by atoms with E-state index >= 15 is 0 Å². The summed E-state index contributed by atoms with van der Waals surface area (Å²) in [4.78, 5) is 38.5. The number of benzene rings is 1. The van der Waals surface area contributed by atoms with Gasteiger partial charge in [-0.1, -0.05) is 18.2 Å². The van der Waals surface area contributed by atoms with Gasteiger partial charge >= 0.3 is 6.03 Å². The third-order valence-electron chi connectivity index (χ3n) is 4.62. The van der Waals surface area contributed by atoms with Crippen LogP contribution in [0.3, 0.4) is 0 Å². The van der Waals surface area contributed by atoms with Gasteiger partial charge in [-0.2, -0.15) is 0 Å². The van der Waals surface area contributed by atoms with Crippen molar-refractivity contribution in [2.45, 2.75) is 38.3 Å². The van der Waals surface area contributed by atoms with Crippen LogP contribution in [0.4, 0.5) is 10.5 Å². The molecule has 0 saturated carbocycles. The Morgan fingerprint density at radius 1 is 1.20 bits per heavy atom. The zero-order valence-corrected chi connectivity index (χ0v) is 14.2. The standard InChI is InChI=1S/C18H24N4O3/c23-16-13-21(18(25)20-16)11-5-4-10-17(24)22-12-6-9-15(22)19-14-7-2-1-3-8-14/h1-3,7-8,15,19H,4-6,9-13H2,(H,20,23,25). The summed E-state index contributed by atoms with van der Waals surface area (Å²) in [6.07, 6.45) is 3.92. The highest BCUT2D eigenvalue weighted by Gasteiger charge is 2.29. The first-order valence-electron chi connectivity index (χ1n) is 8.83. The van der Waals surface area contributed by atoms with E-state index in [1.54, 1.807) is 0 Å². The zero-order chi connectivity index (χ0) is 17.6. The molecule has 1 aromatic rings. The minimum atomic E-state index is -0.331. The van der Waals surface area contributed by atoms with Gasteiger partial charge in [0.15, 0.2) is 0 Å². The molecule has 0 spiro atoms. The molecule has 1 atom stereocenters. The number of hydrogen-bond donors (Lipinski definition) is 2. The summed E-state index contributed by atoms with van der Waals surface area (Å²) in [7, 11) is 0. The van der Waals surface area contributed by atoms with Gasteiger partial charge < -0.3 is 15.1 Å². The number of nitrogens with zero attached hydrogens (tertiary/aromatic N) is 2. The van der Waals surface area contributed by atoms with Gasteiger partial charge in [-0.25, -0.2) is 4.79 Å². The Morgan fingerprint density at radius 2 is 2.00 bits per heavy atom.